The van der Waals surface area contributed by atoms with Crippen molar-refractivity contribution in [2.75, 3.05) is 13.1 Å². The highest BCUT2D eigenvalue weighted by Gasteiger charge is 2.38. The van der Waals surface area contributed by atoms with Gasteiger partial charge in [-0.15, -0.1) is 11.3 Å². The molecule has 2 aromatic rings. The molecule has 1 aromatic heterocycles. The number of benzene rings is 1. The molecule has 1 N–H and O–H groups in total. The van der Waals surface area contributed by atoms with E-state index in [0.717, 1.165) is 19.5 Å². The molecule has 1 aliphatic rings. The predicted molar refractivity (Wildman–Crippen MR) is 66.8 cm³/mol. The molecule has 4 heteroatoms. The minimum absolute atomic E-state index is 0.125. The highest BCUT2D eigenvalue weighted by Crippen LogP contribution is 2.33. The molecule has 0 radical (unpaired) electrons. The maximum atomic E-state index is 13.0. The van der Waals surface area contributed by atoms with E-state index in [1.165, 1.54) is 10.4 Å². The molecule has 0 spiro atoms. The van der Waals surface area contributed by atoms with Gasteiger partial charge in [-0.1, -0.05) is 12.1 Å². The van der Waals surface area contributed by atoms with E-state index in [2.05, 4.69) is 10.3 Å². The summed E-state index contributed by atoms with van der Waals surface area (Å²) in [4.78, 5) is 5.40. The lowest BCUT2D eigenvalue weighted by atomic mass is 9.72. The van der Waals surface area contributed by atoms with E-state index in [4.69, 9.17) is 0 Å². The van der Waals surface area contributed by atoms with Gasteiger partial charge in [0.2, 0.25) is 0 Å². The van der Waals surface area contributed by atoms with Crippen molar-refractivity contribution in [1.29, 1.82) is 0 Å². The summed E-state index contributed by atoms with van der Waals surface area (Å²) in [5.74, 6) is -0.172. The van der Waals surface area contributed by atoms with Crippen LogP contribution in [0.25, 0.3) is 0 Å². The van der Waals surface area contributed by atoms with Crippen LogP contribution in [-0.4, -0.2) is 18.1 Å². The lowest BCUT2D eigenvalue weighted by Gasteiger charge is -2.43. The van der Waals surface area contributed by atoms with Gasteiger partial charge in [-0.05, 0) is 24.1 Å². The molecule has 3 rings (SSSR count). The summed E-state index contributed by atoms with van der Waals surface area (Å²) >= 11 is 1.68. The van der Waals surface area contributed by atoms with E-state index < -0.39 is 0 Å². The molecule has 0 bridgehead atoms. The van der Waals surface area contributed by atoms with Gasteiger partial charge in [0.1, 0.15) is 5.82 Å². The number of hydrogen-bond acceptors (Lipinski definition) is 3. The van der Waals surface area contributed by atoms with E-state index in [9.17, 15) is 4.39 Å². The van der Waals surface area contributed by atoms with Crippen molar-refractivity contribution >= 4 is 11.3 Å². The first-order valence-electron chi connectivity index (χ1n) is 5.63. The first kappa shape index (κ1) is 10.9. The van der Waals surface area contributed by atoms with Crippen LogP contribution in [0.5, 0.6) is 0 Å². The minimum Gasteiger partial charge on any atom is -0.315 e. The van der Waals surface area contributed by atoms with Crippen molar-refractivity contribution < 1.29 is 4.39 Å². The average Bonchev–Trinajstić information content (AvgIpc) is 2.77. The van der Waals surface area contributed by atoms with Crippen molar-refractivity contribution in [3.05, 3.63) is 52.2 Å². The zero-order valence-electron chi connectivity index (χ0n) is 9.32. The summed E-state index contributed by atoms with van der Waals surface area (Å²) in [6.45, 7) is 1.91. The van der Waals surface area contributed by atoms with Crippen LogP contribution in [0.15, 0.2) is 36.0 Å². The largest absolute Gasteiger partial charge is 0.315 e. The maximum Gasteiger partial charge on any atom is 0.123 e. The fourth-order valence-corrected chi connectivity index (χ4v) is 3.06. The number of rotatable bonds is 3. The average molecular weight is 248 g/mol. The van der Waals surface area contributed by atoms with Gasteiger partial charge in [0.15, 0.2) is 0 Å². The first-order chi connectivity index (χ1) is 8.28. The van der Waals surface area contributed by atoms with Crippen LogP contribution < -0.4 is 5.32 Å². The molecule has 1 saturated heterocycles. The Bertz CT molecular complexity index is 489. The van der Waals surface area contributed by atoms with E-state index in [1.54, 1.807) is 23.5 Å². The Labute approximate surface area is 104 Å². The lowest BCUT2D eigenvalue weighted by molar-refractivity contribution is 0.276. The van der Waals surface area contributed by atoms with Crippen molar-refractivity contribution in [3.8, 4) is 0 Å². The Hall–Kier alpha value is -1.26. The van der Waals surface area contributed by atoms with Gasteiger partial charge < -0.3 is 5.32 Å². The first-order valence-corrected chi connectivity index (χ1v) is 6.51. The van der Waals surface area contributed by atoms with Crippen LogP contribution in [-0.2, 0) is 11.8 Å². The van der Waals surface area contributed by atoms with Gasteiger partial charge in [-0.3, -0.25) is 4.98 Å². The van der Waals surface area contributed by atoms with E-state index in [0.29, 0.717) is 0 Å². The molecule has 0 unspecified atom stereocenters. The second kappa shape index (κ2) is 4.20. The zero-order valence-corrected chi connectivity index (χ0v) is 10.1. The Morgan fingerprint density at radius 2 is 2.06 bits per heavy atom. The second-order valence-corrected chi connectivity index (χ2v) is 5.51. The summed E-state index contributed by atoms with van der Waals surface area (Å²) in [5.41, 5.74) is 3.20. The second-order valence-electron chi connectivity index (χ2n) is 4.54. The molecule has 1 fully saturated rings. The molecule has 1 aliphatic heterocycles. The normalized spacial score (nSPS) is 17.7. The summed E-state index contributed by atoms with van der Waals surface area (Å²) in [6, 6.07) is 6.89. The molecule has 0 saturated carbocycles. The van der Waals surface area contributed by atoms with Crippen LogP contribution in [0.3, 0.4) is 0 Å². The molecule has 2 nitrogen and oxygen atoms in total. The van der Waals surface area contributed by atoms with Crippen LogP contribution in [0.4, 0.5) is 4.39 Å². The minimum atomic E-state index is -0.172. The summed E-state index contributed by atoms with van der Waals surface area (Å²) in [6.07, 6.45) is 2.91. The number of halogens is 1. The maximum absolute atomic E-state index is 13.0. The molecule has 17 heavy (non-hydrogen) atoms. The molecule has 88 valence electrons. The van der Waals surface area contributed by atoms with Crippen LogP contribution in [0.1, 0.15) is 10.4 Å². The van der Waals surface area contributed by atoms with Crippen molar-refractivity contribution in [2.45, 2.75) is 11.8 Å². The molecule has 0 atom stereocenters. The number of thiazole rings is 1. The van der Waals surface area contributed by atoms with Gasteiger partial charge in [-0.25, -0.2) is 4.39 Å². The third kappa shape index (κ3) is 1.98. The van der Waals surface area contributed by atoms with Crippen LogP contribution in [0.2, 0.25) is 0 Å². The predicted octanol–water partition coefficient (Wildman–Crippen LogP) is 2.37. The highest BCUT2D eigenvalue weighted by atomic mass is 32.1. The number of nitrogens with one attached hydrogen (secondary N) is 1. The third-order valence-electron chi connectivity index (χ3n) is 3.38. The quantitative estimate of drug-likeness (QED) is 0.902. The van der Waals surface area contributed by atoms with Gasteiger partial charge in [0.05, 0.1) is 5.51 Å². The SMILES string of the molecule is Fc1ccc(C2(Cc3cncs3)CNC2)cc1. The highest BCUT2D eigenvalue weighted by molar-refractivity contribution is 7.09. The van der Waals surface area contributed by atoms with Gasteiger partial charge >= 0.3 is 0 Å². The number of aromatic nitrogens is 1. The Balaban J connectivity index is 1.89. The third-order valence-corrected chi connectivity index (χ3v) is 4.16. The van der Waals surface area contributed by atoms with E-state index in [1.807, 2.05) is 23.8 Å². The van der Waals surface area contributed by atoms with E-state index >= 15 is 0 Å². The standard InChI is InChI=1S/C13H13FN2S/c14-11-3-1-10(2-4-11)13(7-16-8-13)5-12-6-15-9-17-12/h1-4,6,9,16H,5,7-8H2. The van der Waals surface area contributed by atoms with Crippen molar-refractivity contribution in [3.63, 3.8) is 0 Å². The molecule has 2 heterocycles. The fourth-order valence-electron chi connectivity index (χ4n) is 2.32. The smallest absolute Gasteiger partial charge is 0.123 e. The van der Waals surface area contributed by atoms with Gasteiger partial charge in [0, 0.05) is 29.6 Å². The van der Waals surface area contributed by atoms with E-state index in [-0.39, 0.29) is 11.2 Å². The molecule has 1 aromatic carbocycles. The van der Waals surface area contributed by atoms with Gasteiger partial charge in [-0.2, -0.15) is 0 Å². The zero-order chi connectivity index (χ0) is 11.7. The Kier molecular flexibility index (Phi) is 2.68. The Morgan fingerprint density at radius 3 is 2.59 bits per heavy atom. The van der Waals surface area contributed by atoms with Crippen molar-refractivity contribution in [2.24, 2.45) is 0 Å². The fraction of sp³-hybridized carbons (Fsp3) is 0.308. The monoisotopic (exact) mass is 248 g/mol. The summed E-state index contributed by atoms with van der Waals surface area (Å²) < 4.78 is 13.0. The molecule has 0 amide bonds. The molecular weight excluding hydrogens is 235 g/mol. The Morgan fingerprint density at radius 1 is 1.29 bits per heavy atom. The molecular formula is C13H13FN2S. The molecule has 0 aliphatic carbocycles. The number of hydrogen-bond donors (Lipinski definition) is 1. The number of nitrogens with zero attached hydrogens (tertiary/aromatic N) is 1. The van der Waals surface area contributed by atoms with Crippen molar-refractivity contribution in [1.82, 2.24) is 10.3 Å². The van der Waals surface area contributed by atoms with Crippen LogP contribution in [0, 0.1) is 5.82 Å². The lowest BCUT2D eigenvalue weighted by Crippen LogP contribution is -2.58. The van der Waals surface area contributed by atoms with Crippen LogP contribution >= 0.6 is 11.3 Å². The summed E-state index contributed by atoms with van der Waals surface area (Å²) in [5, 5.41) is 3.32. The van der Waals surface area contributed by atoms with Gasteiger partial charge in [0.25, 0.3) is 0 Å². The topological polar surface area (TPSA) is 24.9 Å². The summed E-state index contributed by atoms with van der Waals surface area (Å²) in [7, 11) is 0.